The number of carbonyl (C=O) groups is 1. The average molecular weight is 334 g/mol. The lowest BCUT2D eigenvalue weighted by Gasteiger charge is -2.13. The van der Waals surface area contributed by atoms with E-state index in [1.165, 1.54) is 12.7 Å². The van der Waals surface area contributed by atoms with Crippen molar-refractivity contribution in [2.75, 3.05) is 19.0 Å². The number of benzene rings is 1. The molecule has 3 N–H and O–H groups in total. The van der Waals surface area contributed by atoms with Gasteiger partial charge in [0.15, 0.2) is 0 Å². The molecule has 0 spiro atoms. The number of hydrogen-bond donors (Lipinski definition) is 2. The van der Waals surface area contributed by atoms with Gasteiger partial charge in [0.1, 0.15) is 6.10 Å². The van der Waals surface area contributed by atoms with Gasteiger partial charge in [-0.05, 0) is 47.2 Å². The van der Waals surface area contributed by atoms with Gasteiger partial charge in [0.2, 0.25) is 0 Å². The van der Waals surface area contributed by atoms with Gasteiger partial charge in [0, 0.05) is 22.9 Å². The Hall–Kier alpha value is -0.660. The molecule has 0 aliphatic carbocycles. The van der Waals surface area contributed by atoms with Gasteiger partial charge in [-0.3, -0.25) is 4.79 Å². The molecule has 0 aliphatic rings. The van der Waals surface area contributed by atoms with E-state index in [9.17, 15) is 4.79 Å². The van der Waals surface area contributed by atoms with E-state index in [-0.39, 0.29) is 12.5 Å². The number of amides is 1. The second kappa shape index (κ2) is 6.17. The number of aryl methyl sites for hydroxylation is 1. The molecule has 0 bridgehead atoms. The lowest BCUT2D eigenvalue weighted by Crippen LogP contribution is -2.35. The lowest BCUT2D eigenvalue weighted by molar-refractivity contribution is -0.125. The smallest absolute Gasteiger partial charge is 0.254 e. The maximum atomic E-state index is 11.7. The number of nitrogens with one attached hydrogen (secondary N) is 1. The van der Waals surface area contributed by atoms with Crippen LogP contribution in [-0.2, 0) is 9.53 Å². The summed E-state index contributed by atoms with van der Waals surface area (Å²) in [6.07, 6.45) is -0.598. The Labute approximate surface area is 109 Å². The predicted molar refractivity (Wildman–Crippen MR) is 72.4 cm³/mol. The maximum absolute atomic E-state index is 11.7. The van der Waals surface area contributed by atoms with E-state index in [0.29, 0.717) is 0 Å². The summed E-state index contributed by atoms with van der Waals surface area (Å²) >= 11 is 2.23. The second-order valence-electron chi connectivity index (χ2n) is 3.41. The molecule has 0 saturated carbocycles. The molecule has 0 aliphatic heterocycles. The summed E-state index contributed by atoms with van der Waals surface area (Å²) in [6.45, 7) is 2.19. The molecule has 5 heteroatoms. The van der Waals surface area contributed by atoms with E-state index in [0.717, 1.165) is 9.26 Å². The Morgan fingerprint density at radius 3 is 2.81 bits per heavy atom. The number of halogens is 1. The fourth-order valence-corrected chi connectivity index (χ4v) is 1.72. The molecule has 0 aromatic heterocycles. The third-order valence-electron chi connectivity index (χ3n) is 2.23. The minimum Gasteiger partial charge on any atom is -0.370 e. The van der Waals surface area contributed by atoms with Crippen LogP contribution in [0.25, 0.3) is 0 Å². The van der Waals surface area contributed by atoms with Crippen LogP contribution in [0.2, 0.25) is 0 Å². The zero-order valence-electron chi connectivity index (χ0n) is 9.29. The van der Waals surface area contributed by atoms with E-state index in [1.807, 2.05) is 25.1 Å². The van der Waals surface area contributed by atoms with Crippen molar-refractivity contribution in [2.45, 2.75) is 13.0 Å². The fraction of sp³-hybridized carbons (Fsp3) is 0.364. The minimum atomic E-state index is -0.598. The molecule has 1 unspecified atom stereocenters. The summed E-state index contributed by atoms with van der Waals surface area (Å²) in [5, 5.41) is 2.76. The topological polar surface area (TPSA) is 64.3 Å². The summed E-state index contributed by atoms with van der Waals surface area (Å²) in [6, 6.07) is 5.73. The van der Waals surface area contributed by atoms with Crippen LogP contribution in [0.5, 0.6) is 0 Å². The zero-order chi connectivity index (χ0) is 12.1. The van der Waals surface area contributed by atoms with Gasteiger partial charge in [-0.25, -0.2) is 0 Å². The first-order valence-corrected chi connectivity index (χ1v) is 5.96. The first-order chi connectivity index (χ1) is 7.58. The van der Waals surface area contributed by atoms with Gasteiger partial charge in [0.05, 0.1) is 0 Å². The van der Waals surface area contributed by atoms with Crippen molar-refractivity contribution < 1.29 is 9.53 Å². The maximum Gasteiger partial charge on any atom is 0.254 e. The Balaban J connectivity index is 2.73. The summed E-state index contributed by atoms with van der Waals surface area (Å²) < 4.78 is 6.06. The Bertz CT molecular complexity index is 378. The highest BCUT2D eigenvalue weighted by molar-refractivity contribution is 14.1. The van der Waals surface area contributed by atoms with Gasteiger partial charge < -0.3 is 15.8 Å². The highest BCUT2D eigenvalue weighted by atomic mass is 127. The summed E-state index contributed by atoms with van der Waals surface area (Å²) in [5.74, 6) is -0.218. The van der Waals surface area contributed by atoms with Gasteiger partial charge in [-0.2, -0.15) is 0 Å². The van der Waals surface area contributed by atoms with E-state index in [2.05, 4.69) is 27.9 Å². The van der Waals surface area contributed by atoms with Crippen LogP contribution in [0.15, 0.2) is 18.2 Å². The summed E-state index contributed by atoms with van der Waals surface area (Å²) in [7, 11) is 1.47. The summed E-state index contributed by atoms with van der Waals surface area (Å²) in [4.78, 5) is 11.7. The van der Waals surface area contributed by atoms with Crippen LogP contribution in [0, 0.1) is 10.5 Å². The van der Waals surface area contributed by atoms with E-state index >= 15 is 0 Å². The highest BCUT2D eigenvalue weighted by Crippen LogP contribution is 2.17. The first-order valence-electron chi connectivity index (χ1n) is 4.88. The molecule has 1 aromatic rings. The standard InChI is InChI=1S/C11H15IN2O2/c1-7-3-4-8(5-9(7)12)14-11(15)10(6-13)16-2/h3-5,10H,6,13H2,1-2H3,(H,14,15). The SMILES string of the molecule is COC(CN)C(=O)Nc1ccc(C)c(I)c1. The minimum absolute atomic E-state index is 0.172. The molecule has 1 rings (SSSR count). The predicted octanol–water partition coefficient (Wildman–Crippen LogP) is 1.51. The third-order valence-corrected chi connectivity index (χ3v) is 3.39. The average Bonchev–Trinajstić information content (AvgIpc) is 2.25. The molecule has 0 saturated heterocycles. The monoisotopic (exact) mass is 334 g/mol. The second-order valence-corrected chi connectivity index (χ2v) is 4.58. The van der Waals surface area contributed by atoms with Crippen LogP contribution in [-0.4, -0.2) is 25.7 Å². The molecule has 16 heavy (non-hydrogen) atoms. The molecular formula is C11H15IN2O2. The van der Waals surface area contributed by atoms with Crippen molar-refractivity contribution >= 4 is 34.2 Å². The van der Waals surface area contributed by atoms with Crippen molar-refractivity contribution in [3.63, 3.8) is 0 Å². The fourth-order valence-electron chi connectivity index (χ4n) is 1.20. The number of ether oxygens (including phenoxy) is 1. The van der Waals surface area contributed by atoms with E-state index < -0.39 is 6.10 Å². The van der Waals surface area contributed by atoms with Crippen LogP contribution in [0.4, 0.5) is 5.69 Å². The molecular weight excluding hydrogens is 319 g/mol. The van der Waals surface area contributed by atoms with Crippen LogP contribution < -0.4 is 11.1 Å². The van der Waals surface area contributed by atoms with Crippen LogP contribution >= 0.6 is 22.6 Å². The highest BCUT2D eigenvalue weighted by Gasteiger charge is 2.15. The van der Waals surface area contributed by atoms with Crippen molar-refractivity contribution in [2.24, 2.45) is 5.73 Å². The number of hydrogen-bond acceptors (Lipinski definition) is 3. The van der Waals surface area contributed by atoms with Crippen molar-refractivity contribution in [3.05, 3.63) is 27.3 Å². The molecule has 1 aromatic carbocycles. The Kier molecular flexibility index (Phi) is 5.17. The Morgan fingerprint density at radius 1 is 1.62 bits per heavy atom. The normalized spacial score (nSPS) is 12.2. The zero-order valence-corrected chi connectivity index (χ0v) is 11.4. The van der Waals surface area contributed by atoms with Crippen LogP contribution in [0.3, 0.4) is 0 Å². The van der Waals surface area contributed by atoms with E-state index in [1.54, 1.807) is 0 Å². The van der Waals surface area contributed by atoms with Gasteiger partial charge in [-0.1, -0.05) is 6.07 Å². The van der Waals surface area contributed by atoms with Crippen molar-refractivity contribution in [3.8, 4) is 0 Å². The Morgan fingerprint density at radius 2 is 2.31 bits per heavy atom. The number of anilines is 1. The number of rotatable bonds is 4. The molecule has 1 atom stereocenters. The van der Waals surface area contributed by atoms with Crippen molar-refractivity contribution in [1.82, 2.24) is 0 Å². The van der Waals surface area contributed by atoms with E-state index in [4.69, 9.17) is 10.5 Å². The largest absolute Gasteiger partial charge is 0.370 e. The van der Waals surface area contributed by atoms with Crippen molar-refractivity contribution in [1.29, 1.82) is 0 Å². The molecule has 1 amide bonds. The lowest BCUT2D eigenvalue weighted by atomic mass is 10.2. The van der Waals surface area contributed by atoms with Gasteiger partial charge in [0.25, 0.3) is 5.91 Å². The van der Waals surface area contributed by atoms with Gasteiger partial charge in [-0.15, -0.1) is 0 Å². The van der Waals surface area contributed by atoms with Gasteiger partial charge >= 0.3 is 0 Å². The first kappa shape index (κ1) is 13.4. The molecule has 4 nitrogen and oxygen atoms in total. The number of methoxy groups -OCH3 is 1. The third kappa shape index (κ3) is 3.43. The molecule has 0 fully saturated rings. The molecule has 88 valence electrons. The van der Waals surface area contributed by atoms with Crippen LogP contribution in [0.1, 0.15) is 5.56 Å². The number of carbonyl (C=O) groups excluding carboxylic acids is 1. The quantitative estimate of drug-likeness (QED) is 0.821. The summed E-state index contributed by atoms with van der Waals surface area (Å²) in [5.41, 5.74) is 7.35. The number of nitrogens with two attached hydrogens (primary N) is 1. The molecule has 0 heterocycles. The molecule has 0 radical (unpaired) electrons.